The maximum Gasteiger partial charge on any atom is 0.126 e. The van der Waals surface area contributed by atoms with Gasteiger partial charge >= 0.3 is 0 Å². The molecule has 2 rings (SSSR count). The van der Waals surface area contributed by atoms with Gasteiger partial charge in [-0.05, 0) is 29.8 Å². The van der Waals surface area contributed by atoms with Crippen molar-refractivity contribution < 1.29 is 9.50 Å². The lowest BCUT2D eigenvalue weighted by Gasteiger charge is -2.12. The molecule has 0 aliphatic rings. The van der Waals surface area contributed by atoms with Crippen LogP contribution >= 0.6 is 0 Å². The van der Waals surface area contributed by atoms with Gasteiger partial charge in [0.15, 0.2) is 0 Å². The Kier molecular flexibility index (Phi) is 4.06. The first-order chi connectivity index (χ1) is 9.19. The van der Waals surface area contributed by atoms with Crippen LogP contribution in [0.1, 0.15) is 17.2 Å². The van der Waals surface area contributed by atoms with Gasteiger partial charge in [0.05, 0.1) is 11.7 Å². The molecule has 1 atom stereocenters. The second-order valence-corrected chi connectivity index (χ2v) is 4.00. The van der Waals surface area contributed by atoms with Crippen LogP contribution < -0.4 is 5.32 Å². The third-order valence-corrected chi connectivity index (χ3v) is 2.60. The summed E-state index contributed by atoms with van der Waals surface area (Å²) in [6.45, 7) is 0.211. The van der Waals surface area contributed by atoms with Crippen molar-refractivity contribution in [3.8, 4) is 6.07 Å². The molecule has 0 aliphatic carbocycles. The van der Waals surface area contributed by atoms with Crippen LogP contribution in [0.3, 0.4) is 0 Å². The number of pyridine rings is 1. The number of hydrogen-bond donors (Lipinski definition) is 2. The molecule has 1 aromatic heterocycles. The average molecular weight is 257 g/mol. The van der Waals surface area contributed by atoms with Crippen LogP contribution in [0.25, 0.3) is 0 Å². The fraction of sp³-hybridized carbons (Fsp3) is 0.143. The molecular weight excluding hydrogens is 245 g/mol. The van der Waals surface area contributed by atoms with Crippen molar-refractivity contribution in [1.82, 2.24) is 4.98 Å². The summed E-state index contributed by atoms with van der Waals surface area (Å²) in [6.07, 6.45) is 0.616. The molecule has 0 spiro atoms. The second kappa shape index (κ2) is 5.94. The number of rotatable bonds is 4. The Balaban J connectivity index is 1.96. The molecule has 2 N–H and O–H groups in total. The molecule has 4 nitrogen and oxygen atoms in total. The van der Waals surface area contributed by atoms with Gasteiger partial charge in [-0.2, -0.15) is 5.26 Å². The molecule has 5 heteroatoms. The number of aromatic nitrogens is 1. The minimum Gasteiger partial charge on any atom is -0.387 e. The Morgan fingerprint density at radius 1 is 1.37 bits per heavy atom. The molecule has 0 saturated carbocycles. The number of nitrogens with zero attached hydrogens (tertiary/aromatic N) is 2. The number of halogens is 1. The Bertz CT molecular complexity index is 592. The van der Waals surface area contributed by atoms with E-state index in [0.29, 0.717) is 16.9 Å². The Morgan fingerprint density at radius 2 is 2.21 bits per heavy atom. The van der Waals surface area contributed by atoms with Crippen molar-refractivity contribution in [2.45, 2.75) is 6.10 Å². The van der Waals surface area contributed by atoms with E-state index in [9.17, 15) is 9.50 Å². The average Bonchev–Trinajstić information content (AvgIpc) is 2.45. The topological polar surface area (TPSA) is 68.9 Å². The van der Waals surface area contributed by atoms with Crippen molar-refractivity contribution >= 4 is 5.82 Å². The van der Waals surface area contributed by atoms with E-state index in [1.54, 1.807) is 24.3 Å². The van der Waals surface area contributed by atoms with Gasteiger partial charge in [-0.15, -0.1) is 0 Å². The molecule has 2 aromatic rings. The molecule has 1 heterocycles. The third-order valence-electron chi connectivity index (χ3n) is 2.60. The minimum atomic E-state index is -0.826. The molecule has 0 amide bonds. The Morgan fingerprint density at radius 3 is 2.84 bits per heavy atom. The van der Waals surface area contributed by atoms with Gasteiger partial charge < -0.3 is 10.4 Å². The first-order valence-electron chi connectivity index (χ1n) is 5.72. The lowest BCUT2D eigenvalue weighted by atomic mass is 10.1. The van der Waals surface area contributed by atoms with Crippen molar-refractivity contribution in [1.29, 1.82) is 5.26 Å². The molecular formula is C14H12FN3O. The molecule has 0 saturated heterocycles. The van der Waals surface area contributed by atoms with Crippen LogP contribution in [-0.4, -0.2) is 16.6 Å². The van der Waals surface area contributed by atoms with Crippen LogP contribution in [0.4, 0.5) is 10.2 Å². The fourth-order valence-corrected chi connectivity index (χ4v) is 1.60. The van der Waals surface area contributed by atoms with Gasteiger partial charge in [-0.25, -0.2) is 9.37 Å². The normalized spacial score (nSPS) is 11.6. The number of hydrogen-bond acceptors (Lipinski definition) is 4. The highest BCUT2D eigenvalue weighted by atomic mass is 19.1. The van der Waals surface area contributed by atoms with E-state index in [4.69, 9.17) is 5.26 Å². The summed E-state index contributed by atoms with van der Waals surface area (Å²) in [5.74, 6) is 0.169. The zero-order chi connectivity index (χ0) is 13.7. The standard InChI is InChI=1S/C14H12FN3O/c15-12-3-1-2-11(6-12)13(19)9-18-14-5-4-10(7-16)8-17-14/h1-6,8,13,19H,9H2,(H,17,18)/t13-/m0/s1. The van der Waals surface area contributed by atoms with E-state index in [-0.39, 0.29) is 12.4 Å². The van der Waals surface area contributed by atoms with E-state index in [1.807, 2.05) is 6.07 Å². The van der Waals surface area contributed by atoms with Crippen molar-refractivity contribution in [2.24, 2.45) is 0 Å². The van der Waals surface area contributed by atoms with Gasteiger partial charge in [0.25, 0.3) is 0 Å². The summed E-state index contributed by atoms with van der Waals surface area (Å²) in [4.78, 5) is 4.01. The number of aliphatic hydroxyl groups excluding tert-OH is 1. The highest BCUT2D eigenvalue weighted by molar-refractivity contribution is 5.39. The van der Waals surface area contributed by atoms with E-state index in [0.717, 1.165) is 0 Å². The summed E-state index contributed by atoms with van der Waals surface area (Å²) < 4.78 is 13.0. The number of benzene rings is 1. The van der Waals surface area contributed by atoms with Crippen LogP contribution in [0.5, 0.6) is 0 Å². The van der Waals surface area contributed by atoms with Gasteiger partial charge in [-0.3, -0.25) is 0 Å². The summed E-state index contributed by atoms with van der Waals surface area (Å²) in [5, 5.41) is 21.5. The maximum absolute atomic E-state index is 13.0. The monoisotopic (exact) mass is 257 g/mol. The Labute approximate surface area is 110 Å². The minimum absolute atomic E-state index is 0.211. The number of anilines is 1. The number of nitriles is 1. The highest BCUT2D eigenvalue weighted by Crippen LogP contribution is 2.15. The largest absolute Gasteiger partial charge is 0.387 e. The zero-order valence-corrected chi connectivity index (χ0v) is 10.0. The first kappa shape index (κ1) is 13.0. The molecule has 0 fully saturated rings. The van der Waals surface area contributed by atoms with E-state index >= 15 is 0 Å². The molecule has 1 aromatic carbocycles. The summed E-state index contributed by atoms with van der Waals surface area (Å²) >= 11 is 0. The van der Waals surface area contributed by atoms with Gasteiger partial charge in [-0.1, -0.05) is 12.1 Å². The molecule has 0 unspecified atom stereocenters. The van der Waals surface area contributed by atoms with Crippen LogP contribution in [-0.2, 0) is 0 Å². The third kappa shape index (κ3) is 3.50. The molecule has 19 heavy (non-hydrogen) atoms. The quantitative estimate of drug-likeness (QED) is 0.881. The molecule has 96 valence electrons. The van der Waals surface area contributed by atoms with Crippen molar-refractivity contribution in [3.05, 3.63) is 59.5 Å². The van der Waals surface area contributed by atoms with Gasteiger partial charge in [0.1, 0.15) is 17.7 Å². The van der Waals surface area contributed by atoms with Crippen molar-refractivity contribution in [3.63, 3.8) is 0 Å². The maximum atomic E-state index is 13.0. The Hall–Kier alpha value is -2.45. The zero-order valence-electron chi connectivity index (χ0n) is 10.0. The predicted molar refractivity (Wildman–Crippen MR) is 68.8 cm³/mol. The van der Waals surface area contributed by atoms with E-state index in [1.165, 1.54) is 18.3 Å². The van der Waals surface area contributed by atoms with Crippen LogP contribution in [0.15, 0.2) is 42.6 Å². The summed E-state index contributed by atoms with van der Waals surface area (Å²) in [5.41, 5.74) is 0.970. The number of aliphatic hydroxyl groups is 1. The summed E-state index contributed by atoms with van der Waals surface area (Å²) in [6, 6.07) is 11.1. The first-order valence-corrected chi connectivity index (χ1v) is 5.72. The SMILES string of the molecule is N#Cc1ccc(NC[C@H](O)c2cccc(F)c2)nc1. The second-order valence-electron chi connectivity index (χ2n) is 4.00. The fourth-order valence-electron chi connectivity index (χ4n) is 1.60. The van der Waals surface area contributed by atoms with Gasteiger partial charge in [0, 0.05) is 12.7 Å². The molecule has 0 aliphatic heterocycles. The van der Waals surface area contributed by atoms with Gasteiger partial charge in [0.2, 0.25) is 0 Å². The lowest BCUT2D eigenvalue weighted by molar-refractivity contribution is 0.191. The summed E-state index contributed by atoms with van der Waals surface area (Å²) in [7, 11) is 0. The predicted octanol–water partition coefficient (Wildman–Crippen LogP) is 2.24. The van der Waals surface area contributed by atoms with Crippen LogP contribution in [0.2, 0.25) is 0 Å². The van der Waals surface area contributed by atoms with E-state index in [2.05, 4.69) is 10.3 Å². The lowest BCUT2D eigenvalue weighted by Crippen LogP contribution is -2.13. The van der Waals surface area contributed by atoms with E-state index < -0.39 is 6.10 Å². The molecule has 0 bridgehead atoms. The molecule has 0 radical (unpaired) electrons. The smallest absolute Gasteiger partial charge is 0.126 e. The highest BCUT2D eigenvalue weighted by Gasteiger charge is 2.08. The van der Waals surface area contributed by atoms with Crippen molar-refractivity contribution in [2.75, 3.05) is 11.9 Å². The number of nitrogens with one attached hydrogen (secondary N) is 1. The van der Waals surface area contributed by atoms with Crippen LogP contribution in [0, 0.1) is 17.1 Å².